The van der Waals surface area contributed by atoms with E-state index in [1.807, 2.05) is 6.20 Å². The number of rotatable bonds is 0. The predicted molar refractivity (Wildman–Crippen MR) is 54.7 cm³/mol. The van der Waals surface area contributed by atoms with E-state index in [1.165, 1.54) is 56.2 Å². The molecule has 1 heteroatoms. The lowest BCUT2D eigenvalue weighted by Crippen LogP contribution is -1.96. The molecule has 0 aliphatic heterocycles. The van der Waals surface area contributed by atoms with Crippen LogP contribution in [0.15, 0.2) is 18.3 Å². The maximum atomic E-state index is 4.46. The fraction of sp³-hybridized carbons (Fsp3) is 0.583. The smallest absolute Gasteiger partial charge is 0.0435 e. The van der Waals surface area contributed by atoms with Gasteiger partial charge in [-0.25, -0.2) is 0 Å². The van der Waals surface area contributed by atoms with Crippen LogP contribution in [-0.4, -0.2) is 4.98 Å². The second-order valence-corrected chi connectivity index (χ2v) is 3.88. The molecule has 1 aliphatic rings. The van der Waals surface area contributed by atoms with Crippen LogP contribution in [0.2, 0.25) is 0 Å². The maximum absolute atomic E-state index is 4.46. The van der Waals surface area contributed by atoms with E-state index in [9.17, 15) is 0 Å². The molecule has 1 heterocycles. The van der Waals surface area contributed by atoms with Crippen LogP contribution in [0.25, 0.3) is 0 Å². The Balaban J connectivity index is 2.17. The topological polar surface area (TPSA) is 12.9 Å². The first-order chi connectivity index (χ1) is 6.47. The third-order valence-corrected chi connectivity index (χ3v) is 2.84. The highest BCUT2D eigenvalue weighted by Gasteiger charge is 2.05. The van der Waals surface area contributed by atoms with Crippen LogP contribution >= 0.6 is 0 Å². The van der Waals surface area contributed by atoms with Crippen molar-refractivity contribution in [1.82, 2.24) is 4.98 Å². The maximum Gasteiger partial charge on any atom is 0.0435 e. The van der Waals surface area contributed by atoms with Crippen LogP contribution in [0.5, 0.6) is 0 Å². The Hall–Kier alpha value is -0.850. The summed E-state index contributed by atoms with van der Waals surface area (Å²) in [6, 6.07) is 4.31. The van der Waals surface area contributed by atoms with Crippen molar-refractivity contribution < 1.29 is 0 Å². The van der Waals surface area contributed by atoms with E-state index in [0.717, 1.165) is 0 Å². The first-order valence-corrected chi connectivity index (χ1v) is 5.39. The van der Waals surface area contributed by atoms with Gasteiger partial charge in [-0.1, -0.05) is 25.3 Å². The van der Waals surface area contributed by atoms with Gasteiger partial charge in [-0.15, -0.1) is 0 Å². The molecule has 0 aromatic carbocycles. The molecule has 0 amide bonds. The number of hydrogen-bond donors (Lipinski definition) is 0. The van der Waals surface area contributed by atoms with E-state index in [0.29, 0.717) is 0 Å². The zero-order chi connectivity index (χ0) is 8.93. The number of fused-ring (bicyclic) bond motifs is 1. The van der Waals surface area contributed by atoms with Crippen molar-refractivity contribution >= 4 is 0 Å². The van der Waals surface area contributed by atoms with Crippen LogP contribution in [0.4, 0.5) is 0 Å². The molecule has 0 fully saturated rings. The average molecular weight is 175 g/mol. The molecule has 0 N–H and O–H groups in total. The van der Waals surface area contributed by atoms with Crippen LogP contribution < -0.4 is 0 Å². The van der Waals surface area contributed by atoms with Crippen molar-refractivity contribution in [1.29, 1.82) is 0 Å². The predicted octanol–water partition coefficient (Wildman–Crippen LogP) is 3.13. The molecule has 0 bridgehead atoms. The Kier molecular flexibility index (Phi) is 2.96. The summed E-state index contributed by atoms with van der Waals surface area (Å²) in [7, 11) is 0. The van der Waals surface area contributed by atoms with Crippen molar-refractivity contribution in [3.63, 3.8) is 0 Å². The van der Waals surface area contributed by atoms with E-state index in [1.54, 1.807) is 0 Å². The molecule has 0 atom stereocenters. The monoisotopic (exact) mass is 175 g/mol. The van der Waals surface area contributed by atoms with Crippen LogP contribution in [0, 0.1) is 0 Å². The summed E-state index contributed by atoms with van der Waals surface area (Å²) in [5.74, 6) is 0. The first kappa shape index (κ1) is 8.74. The SMILES string of the molecule is c1cnc2c(c1)CCCCCCC2. The van der Waals surface area contributed by atoms with Crippen LogP contribution in [-0.2, 0) is 12.8 Å². The molecular weight excluding hydrogens is 158 g/mol. The molecule has 2 rings (SSSR count). The van der Waals surface area contributed by atoms with E-state index in [-0.39, 0.29) is 0 Å². The minimum Gasteiger partial charge on any atom is -0.261 e. The minimum atomic E-state index is 1.19. The minimum absolute atomic E-state index is 1.19. The van der Waals surface area contributed by atoms with Gasteiger partial charge in [0.05, 0.1) is 0 Å². The van der Waals surface area contributed by atoms with E-state index in [4.69, 9.17) is 0 Å². The molecule has 1 aromatic rings. The standard InChI is InChI=1S/C12H17N/c1-2-4-7-11-8-6-10-13-12(11)9-5-3-1/h6,8,10H,1-5,7,9H2. The van der Waals surface area contributed by atoms with Crippen molar-refractivity contribution in [2.45, 2.75) is 44.9 Å². The van der Waals surface area contributed by atoms with Gasteiger partial charge in [0.15, 0.2) is 0 Å². The highest BCUT2D eigenvalue weighted by Crippen LogP contribution is 2.17. The number of hydrogen-bond acceptors (Lipinski definition) is 1. The Morgan fingerprint density at radius 2 is 1.69 bits per heavy atom. The van der Waals surface area contributed by atoms with Gasteiger partial charge in [0, 0.05) is 11.9 Å². The Labute approximate surface area is 80.2 Å². The third kappa shape index (κ3) is 2.30. The van der Waals surface area contributed by atoms with Gasteiger partial charge < -0.3 is 0 Å². The number of aryl methyl sites for hydroxylation is 2. The van der Waals surface area contributed by atoms with Gasteiger partial charge in [-0.3, -0.25) is 4.98 Å². The molecular formula is C12H17N. The largest absolute Gasteiger partial charge is 0.261 e. The quantitative estimate of drug-likeness (QED) is 0.590. The van der Waals surface area contributed by atoms with Crippen molar-refractivity contribution in [3.8, 4) is 0 Å². The van der Waals surface area contributed by atoms with E-state index >= 15 is 0 Å². The van der Waals surface area contributed by atoms with Gasteiger partial charge in [0.2, 0.25) is 0 Å². The van der Waals surface area contributed by atoms with Gasteiger partial charge in [0.1, 0.15) is 0 Å². The molecule has 0 saturated carbocycles. The number of nitrogens with zero attached hydrogens (tertiary/aromatic N) is 1. The lowest BCUT2D eigenvalue weighted by molar-refractivity contribution is 0.628. The molecule has 1 aliphatic carbocycles. The number of aromatic nitrogens is 1. The summed E-state index contributed by atoms with van der Waals surface area (Å²) in [6.45, 7) is 0. The van der Waals surface area contributed by atoms with Crippen LogP contribution in [0.1, 0.15) is 43.4 Å². The highest BCUT2D eigenvalue weighted by atomic mass is 14.7. The fourth-order valence-electron chi connectivity index (χ4n) is 2.06. The molecule has 70 valence electrons. The second kappa shape index (κ2) is 4.40. The Bertz CT molecular complexity index is 241. The zero-order valence-electron chi connectivity index (χ0n) is 8.13. The van der Waals surface area contributed by atoms with Crippen molar-refractivity contribution in [3.05, 3.63) is 29.6 Å². The Morgan fingerprint density at radius 1 is 0.923 bits per heavy atom. The highest BCUT2D eigenvalue weighted by molar-refractivity contribution is 5.20. The van der Waals surface area contributed by atoms with Gasteiger partial charge in [-0.2, -0.15) is 0 Å². The Morgan fingerprint density at radius 3 is 2.62 bits per heavy atom. The summed E-state index contributed by atoms with van der Waals surface area (Å²) < 4.78 is 0. The van der Waals surface area contributed by atoms with Gasteiger partial charge >= 0.3 is 0 Å². The van der Waals surface area contributed by atoms with Gasteiger partial charge in [-0.05, 0) is 37.3 Å². The average Bonchev–Trinajstić information content (AvgIpc) is 2.28. The summed E-state index contributed by atoms with van der Waals surface area (Å²) in [4.78, 5) is 4.46. The van der Waals surface area contributed by atoms with Crippen LogP contribution in [0.3, 0.4) is 0 Å². The molecule has 1 aromatic heterocycles. The summed E-state index contributed by atoms with van der Waals surface area (Å²) in [5, 5.41) is 0. The molecule has 0 spiro atoms. The number of pyridine rings is 1. The summed E-state index contributed by atoms with van der Waals surface area (Å²) in [5.41, 5.74) is 2.84. The molecule has 13 heavy (non-hydrogen) atoms. The normalized spacial score (nSPS) is 18.2. The van der Waals surface area contributed by atoms with Gasteiger partial charge in [0.25, 0.3) is 0 Å². The van der Waals surface area contributed by atoms with E-state index in [2.05, 4.69) is 17.1 Å². The van der Waals surface area contributed by atoms with Crippen molar-refractivity contribution in [2.24, 2.45) is 0 Å². The molecule has 0 radical (unpaired) electrons. The molecule has 0 unspecified atom stereocenters. The second-order valence-electron chi connectivity index (χ2n) is 3.88. The zero-order valence-corrected chi connectivity index (χ0v) is 8.13. The fourth-order valence-corrected chi connectivity index (χ4v) is 2.06. The summed E-state index contributed by atoms with van der Waals surface area (Å²) in [6.07, 6.45) is 11.2. The summed E-state index contributed by atoms with van der Waals surface area (Å²) >= 11 is 0. The third-order valence-electron chi connectivity index (χ3n) is 2.84. The lowest BCUT2D eigenvalue weighted by Gasteiger charge is -2.04. The first-order valence-electron chi connectivity index (χ1n) is 5.39. The lowest BCUT2D eigenvalue weighted by atomic mass is 10.1. The molecule has 0 saturated heterocycles. The van der Waals surface area contributed by atoms with Crippen molar-refractivity contribution in [2.75, 3.05) is 0 Å². The molecule has 1 nitrogen and oxygen atoms in total. The van der Waals surface area contributed by atoms with E-state index < -0.39 is 0 Å².